The molecule has 1 amide bonds. The van der Waals surface area contributed by atoms with E-state index in [1.165, 1.54) is 33.7 Å². The van der Waals surface area contributed by atoms with Crippen molar-refractivity contribution in [2.45, 2.75) is 25.2 Å². The highest BCUT2D eigenvalue weighted by molar-refractivity contribution is 7.89. The van der Waals surface area contributed by atoms with E-state index in [9.17, 15) is 13.2 Å². The summed E-state index contributed by atoms with van der Waals surface area (Å²) in [6.45, 7) is 5.03. The fraction of sp³-hybridized carbons (Fsp3) is 0.391. The van der Waals surface area contributed by atoms with Crippen molar-refractivity contribution in [1.29, 1.82) is 0 Å². The van der Waals surface area contributed by atoms with Gasteiger partial charge < -0.3 is 4.74 Å². The summed E-state index contributed by atoms with van der Waals surface area (Å²) in [5.74, 6) is 0.447. The molecule has 170 valence electrons. The van der Waals surface area contributed by atoms with Gasteiger partial charge >= 0.3 is 0 Å². The molecule has 0 unspecified atom stereocenters. The Morgan fingerprint density at radius 2 is 1.84 bits per heavy atom. The summed E-state index contributed by atoms with van der Waals surface area (Å²) >= 11 is 1.41. The highest BCUT2D eigenvalue weighted by atomic mass is 32.2. The molecule has 3 aromatic rings. The van der Waals surface area contributed by atoms with E-state index in [2.05, 4.69) is 18.8 Å². The Morgan fingerprint density at radius 3 is 2.50 bits per heavy atom. The van der Waals surface area contributed by atoms with Gasteiger partial charge in [0.1, 0.15) is 10.6 Å². The zero-order chi connectivity index (χ0) is 23.0. The third-order valence-electron chi connectivity index (χ3n) is 5.74. The highest BCUT2D eigenvalue weighted by Crippen LogP contribution is 2.33. The lowest BCUT2D eigenvalue weighted by molar-refractivity contribution is 0.0992. The standard InChI is InChI=1S/C23H27N3O4S2/c1-15-11-16(2)14-26(13-15)32(28,29)21-12-17(9-10-19(21)30-4)22(27)25(3)23-24-18-7-5-6-8-20(18)31-23/h5-10,12,15-16H,11,13-14H2,1-4H3/t15-,16-/m0/s1. The van der Waals surface area contributed by atoms with Gasteiger partial charge in [-0.15, -0.1) is 0 Å². The number of carbonyl (C=O) groups is 1. The first-order valence-corrected chi connectivity index (χ1v) is 12.8. The minimum Gasteiger partial charge on any atom is -0.495 e. The molecular weight excluding hydrogens is 446 g/mol. The van der Waals surface area contributed by atoms with Crippen molar-refractivity contribution in [1.82, 2.24) is 9.29 Å². The number of sulfonamides is 1. The summed E-state index contributed by atoms with van der Waals surface area (Å²) < 4.78 is 34.8. The van der Waals surface area contributed by atoms with E-state index in [0.717, 1.165) is 16.6 Å². The number of rotatable bonds is 5. The summed E-state index contributed by atoms with van der Waals surface area (Å²) in [5.41, 5.74) is 1.09. The first-order valence-electron chi connectivity index (χ1n) is 10.5. The van der Waals surface area contributed by atoms with Gasteiger partial charge in [0.15, 0.2) is 5.13 Å². The van der Waals surface area contributed by atoms with Gasteiger partial charge in [0.25, 0.3) is 5.91 Å². The van der Waals surface area contributed by atoms with Gasteiger partial charge in [-0.3, -0.25) is 9.69 Å². The van der Waals surface area contributed by atoms with Crippen LogP contribution in [0.25, 0.3) is 10.2 Å². The number of piperidine rings is 1. The van der Waals surface area contributed by atoms with Crippen LogP contribution in [0.4, 0.5) is 5.13 Å². The van der Waals surface area contributed by atoms with Crippen LogP contribution in [0, 0.1) is 11.8 Å². The molecule has 0 spiro atoms. The van der Waals surface area contributed by atoms with Gasteiger partial charge in [0.05, 0.1) is 17.3 Å². The van der Waals surface area contributed by atoms with Crippen molar-refractivity contribution in [3.63, 3.8) is 0 Å². The largest absolute Gasteiger partial charge is 0.495 e. The van der Waals surface area contributed by atoms with Gasteiger partial charge in [-0.05, 0) is 48.6 Å². The molecule has 32 heavy (non-hydrogen) atoms. The van der Waals surface area contributed by atoms with Crippen LogP contribution in [0.15, 0.2) is 47.4 Å². The number of hydrogen-bond donors (Lipinski definition) is 0. The number of thiazole rings is 1. The first kappa shape index (κ1) is 22.7. The van der Waals surface area contributed by atoms with Crippen molar-refractivity contribution in [3.05, 3.63) is 48.0 Å². The minimum atomic E-state index is -3.81. The molecule has 7 nitrogen and oxygen atoms in total. The molecule has 1 aliphatic rings. The molecule has 1 aromatic heterocycles. The number of anilines is 1. The number of para-hydroxylation sites is 1. The number of nitrogens with zero attached hydrogens (tertiary/aromatic N) is 3. The van der Waals surface area contributed by atoms with Crippen molar-refractivity contribution >= 4 is 42.6 Å². The summed E-state index contributed by atoms with van der Waals surface area (Å²) in [7, 11) is -0.733. The maximum absolute atomic E-state index is 13.5. The summed E-state index contributed by atoms with van der Waals surface area (Å²) in [6, 6.07) is 12.2. The number of carbonyl (C=O) groups excluding carboxylic acids is 1. The lowest BCUT2D eigenvalue weighted by Crippen LogP contribution is -2.42. The molecule has 4 rings (SSSR count). The van der Waals surface area contributed by atoms with Crippen LogP contribution in [-0.2, 0) is 10.0 Å². The number of aromatic nitrogens is 1. The van der Waals surface area contributed by atoms with Crippen LogP contribution in [0.5, 0.6) is 5.75 Å². The summed E-state index contributed by atoms with van der Waals surface area (Å²) in [5, 5.41) is 0.551. The number of hydrogen-bond acceptors (Lipinski definition) is 6. The average Bonchev–Trinajstić information content (AvgIpc) is 3.21. The molecule has 0 bridgehead atoms. The molecule has 1 aliphatic heterocycles. The maximum atomic E-state index is 13.5. The fourth-order valence-corrected chi connectivity index (χ4v) is 7.02. The summed E-state index contributed by atoms with van der Waals surface area (Å²) in [6.07, 6.45) is 0.995. The zero-order valence-corrected chi connectivity index (χ0v) is 20.2. The van der Waals surface area contributed by atoms with Crippen LogP contribution in [0.1, 0.15) is 30.6 Å². The maximum Gasteiger partial charge on any atom is 0.259 e. The molecule has 0 aliphatic carbocycles. The molecule has 2 aromatic carbocycles. The lowest BCUT2D eigenvalue weighted by atomic mass is 9.94. The lowest BCUT2D eigenvalue weighted by Gasteiger charge is -2.34. The van der Waals surface area contributed by atoms with Crippen molar-refractivity contribution in [2.24, 2.45) is 11.8 Å². The molecule has 0 radical (unpaired) electrons. The predicted octanol–water partition coefficient (Wildman–Crippen LogP) is 4.25. The van der Waals surface area contributed by atoms with Gasteiger partial charge in [-0.1, -0.05) is 37.3 Å². The Hall–Kier alpha value is -2.49. The third-order valence-corrected chi connectivity index (χ3v) is 8.70. The van der Waals surface area contributed by atoms with E-state index in [4.69, 9.17) is 4.74 Å². The molecule has 2 heterocycles. The van der Waals surface area contributed by atoms with Gasteiger partial charge in [-0.2, -0.15) is 4.31 Å². The van der Waals surface area contributed by atoms with Crippen LogP contribution >= 0.6 is 11.3 Å². The Labute approximate surface area is 192 Å². The molecule has 2 atom stereocenters. The Morgan fingerprint density at radius 1 is 1.16 bits per heavy atom. The number of benzene rings is 2. The third kappa shape index (κ3) is 4.24. The second-order valence-electron chi connectivity index (χ2n) is 8.46. The van der Waals surface area contributed by atoms with E-state index < -0.39 is 10.0 Å². The van der Waals surface area contributed by atoms with E-state index >= 15 is 0 Å². The predicted molar refractivity (Wildman–Crippen MR) is 127 cm³/mol. The van der Waals surface area contributed by atoms with E-state index in [-0.39, 0.29) is 34.0 Å². The average molecular weight is 474 g/mol. The molecule has 0 saturated carbocycles. The quantitative estimate of drug-likeness (QED) is 0.554. The number of methoxy groups -OCH3 is 1. The zero-order valence-electron chi connectivity index (χ0n) is 18.6. The van der Waals surface area contributed by atoms with Gasteiger partial charge in [-0.25, -0.2) is 13.4 Å². The van der Waals surface area contributed by atoms with E-state index in [1.807, 2.05) is 24.3 Å². The van der Waals surface area contributed by atoms with Crippen LogP contribution in [0.2, 0.25) is 0 Å². The molecule has 1 fully saturated rings. The van der Waals surface area contributed by atoms with E-state index in [0.29, 0.717) is 18.2 Å². The minimum absolute atomic E-state index is 0.0184. The van der Waals surface area contributed by atoms with Crippen LogP contribution in [0.3, 0.4) is 0 Å². The Kier molecular flexibility index (Phi) is 6.24. The van der Waals surface area contributed by atoms with Gasteiger partial charge in [0, 0.05) is 25.7 Å². The first-order chi connectivity index (χ1) is 15.2. The topological polar surface area (TPSA) is 79.8 Å². The molecule has 0 N–H and O–H groups in total. The molecule has 9 heteroatoms. The Balaban J connectivity index is 1.68. The van der Waals surface area contributed by atoms with Crippen LogP contribution in [-0.4, -0.2) is 50.9 Å². The second-order valence-corrected chi connectivity index (χ2v) is 11.4. The number of ether oxygens (including phenoxy) is 1. The van der Waals surface area contributed by atoms with Crippen molar-refractivity contribution in [3.8, 4) is 5.75 Å². The normalized spacial score (nSPS) is 19.8. The SMILES string of the molecule is COc1ccc(C(=O)N(C)c2nc3ccccc3s2)cc1S(=O)(=O)N1C[C@@H](C)C[C@H](C)C1. The molecular formula is C23H27N3O4S2. The molecule has 1 saturated heterocycles. The number of amides is 1. The fourth-order valence-electron chi connectivity index (χ4n) is 4.24. The number of fused-ring (bicyclic) bond motifs is 1. The van der Waals surface area contributed by atoms with Crippen LogP contribution < -0.4 is 9.64 Å². The van der Waals surface area contributed by atoms with Gasteiger partial charge in [0.2, 0.25) is 10.0 Å². The highest BCUT2D eigenvalue weighted by Gasteiger charge is 2.34. The monoisotopic (exact) mass is 473 g/mol. The van der Waals surface area contributed by atoms with Crippen molar-refractivity contribution < 1.29 is 17.9 Å². The van der Waals surface area contributed by atoms with E-state index in [1.54, 1.807) is 19.2 Å². The van der Waals surface area contributed by atoms with Crippen molar-refractivity contribution in [2.75, 3.05) is 32.1 Å². The smallest absolute Gasteiger partial charge is 0.259 e. The Bertz CT molecular complexity index is 1210. The second kappa shape index (κ2) is 8.80. The summed E-state index contributed by atoms with van der Waals surface area (Å²) in [4.78, 5) is 19.2.